The van der Waals surface area contributed by atoms with Gasteiger partial charge in [0.25, 0.3) is 5.91 Å². The van der Waals surface area contributed by atoms with Gasteiger partial charge in [-0.2, -0.15) is 0 Å². The molecule has 0 saturated heterocycles. The van der Waals surface area contributed by atoms with Gasteiger partial charge in [-0.15, -0.1) is 11.3 Å². The molecule has 0 unspecified atom stereocenters. The van der Waals surface area contributed by atoms with Crippen molar-refractivity contribution in [2.24, 2.45) is 0 Å². The van der Waals surface area contributed by atoms with E-state index < -0.39 is 5.97 Å². The second-order valence-corrected chi connectivity index (χ2v) is 5.58. The van der Waals surface area contributed by atoms with E-state index in [9.17, 15) is 9.59 Å². The standard InChI is InChI=1S/C15H17NO3S/c17-14(18)4-2-1-3-8-16-15(19)12-5-6-13-11(10-12)7-9-20-13/h5-7,9-10H,1-4,8H2,(H,16,19)(H,17,18). The van der Waals surface area contributed by atoms with E-state index >= 15 is 0 Å². The molecule has 5 heteroatoms. The van der Waals surface area contributed by atoms with E-state index in [4.69, 9.17) is 5.11 Å². The lowest BCUT2D eigenvalue weighted by Crippen LogP contribution is -2.24. The minimum atomic E-state index is -0.766. The Hall–Kier alpha value is -1.88. The fourth-order valence-corrected chi connectivity index (χ4v) is 2.76. The molecule has 1 aromatic heterocycles. The lowest BCUT2D eigenvalue weighted by atomic mass is 10.1. The number of fused-ring (bicyclic) bond motifs is 1. The fraction of sp³-hybridized carbons (Fsp3) is 0.333. The number of carboxylic acid groups (broad SMARTS) is 1. The third kappa shape index (κ3) is 4.06. The van der Waals surface area contributed by atoms with Crippen LogP contribution < -0.4 is 5.32 Å². The van der Waals surface area contributed by atoms with Gasteiger partial charge in [-0.05, 0) is 47.9 Å². The Morgan fingerprint density at radius 2 is 2.00 bits per heavy atom. The van der Waals surface area contributed by atoms with E-state index in [0.717, 1.165) is 18.2 Å². The number of unbranched alkanes of at least 4 members (excludes halogenated alkanes) is 2. The molecule has 0 spiro atoms. The SMILES string of the molecule is O=C(O)CCCCCNC(=O)c1ccc2sccc2c1. The van der Waals surface area contributed by atoms with Crippen LogP contribution in [0.1, 0.15) is 36.0 Å². The van der Waals surface area contributed by atoms with Crippen LogP contribution in [0.4, 0.5) is 0 Å². The van der Waals surface area contributed by atoms with Crippen molar-refractivity contribution >= 4 is 33.3 Å². The van der Waals surface area contributed by atoms with Gasteiger partial charge < -0.3 is 10.4 Å². The molecule has 0 aliphatic rings. The third-order valence-electron chi connectivity index (χ3n) is 3.07. The molecule has 1 heterocycles. The third-order valence-corrected chi connectivity index (χ3v) is 3.97. The van der Waals surface area contributed by atoms with Gasteiger partial charge in [-0.25, -0.2) is 0 Å². The maximum absolute atomic E-state index is 11.9. The molecule has 0 bridgehead atoms. The monoisotopic (exact) mass is 291 g/mol. The second kappa shape index (κ2) is 7.05. The van der Waals surface area contributed by atoms with Gasteiger partial charge in [0.1, 0.15) is 0 Å². The summed E-state index contributed by atoms with van der Waals surface area (Å²) in [5, 5.41) is 14.5. The van der Waals surface area contributed by atoms with Gasteiger partial charge in [-0.3, -0.25) is 9.59 Å². The molecule has 0 saturated carbocycles. The van der Waals surface area contributed by atoms with Crippen LogP contribution in [0.2, 0.25) is 0 Å². The molecular formula is C15H17NO3S. The van der Waals surface area contributed by atoms with E-state index in [-0.39, 0.29) is 12.3 Å². The van der Waals surface area contributed by atoms with Crippen LogP contribution in [0.5, 0.6) is 0 Å². The molecule has 1 amide bonds. The first-order valence-electron chi connectivity index (χ1n) is 6.64. The number of hydrogen-bond acceptors (Lipinski definition) is 3. The molecule has 4 nitrogen and oxygen atoms in total. The Morgan fingerprint density at radius 1 is 1.15 bits per heavy atom. The van der Waals surface area contributed by atoms with E-state index in [1.807, 2.05) is 29.6 Å². The molecule has 2 rings (SSSR count). The average Bonchev–Trinajstić information content (AvgIpc) is 2.89. The first-order valence-corrected chi connectivity index (χ1v) is 7.52. The number of carbonyl (C=O) groups excluding carboxylic acids is 1. The number of carbonyl (C=O) groups is 2. The van der Waals surface area contributed by atoms with Gasteiger partial charge in [-0.1, -0.05) is 6.42 Å². The largest absolute Gasteiger partial charge is 0.481 e. The van der Waals surface area contributed by atoms with Gasteiger partial charge in [0.15, 0.2) is 0 Å². The second-order valence-electron chi connectivity index (χ2n) is 4.63. The van der Waals surface area contributed by atoms with Crippen LogP contribution in [0.25, 0.3) is 10.1 Å². The van der Waals surface area contributed by atoms with Crippen LogP contribution in [-0.2, 0) is 4.79 Å². The van der Waals surface area contributed by atoms with Gasteiger partial charge in [0, 0.05) is 23.2 Å². The Morgan fingerprint density at radius 3 is 2.80 bits per heavy atom. The molecule has 2 aromatic rings. The predicted molar refractivity (Wildman–Crippen MR) is 80.3 cm³/mol. The zero-order chi connectivity index (χ0) is 14.4. The zero-order valence-electron chi connectivity index (χ0n) is 11.1. The van der Waals surface area contributed by atoms with Crippen LogP contribution in [0, 0.1) is 0 Å². The average molecular weight is 291 g/mol. The summed E-state index contributed by atoms with van der Waals surface area (Å²) in [7, 11) is 0. The highest BCUT2D eigenvalue weighted by Crippen LogP contribution is 2.21. The molecule has 1 aromatic carbocycles. The number of thiophene rings is 1. The van der Waals surface area contributed by atoms with Crippen molar-refractivity contribution < 1.29 is 14.7 Å². The lowest BCUT2D eigenvalue weighted by molar-refractivity contribution is -0.137. The minimum Gasteiger partial charge on any atom is -0.481 e. The normalized spacial score (nSPS) is 10.6. The molecule has 0 radical (unpaired) electrons. The number of carboxylic acids is 1. The highest BCUT2D eigenvalue weighted by atomic mass is 32.1. The Balaban J connectivity index is 1.75. The van der Waals surface area contributed by atoms with Crippen molar-refractivity contribution in [1.29, 1.82) is 0 Å². The topological polar surface area (TPSA) is 66.4 Å². The summed E-state index contributed by atoms with van der Waals surface area (Å²) in [6, 6.07) is 7.69. The van der Waals surface area contributed by atoms with Gasteiger partial charge >= 0.3 is 5.97 Å². The molecule has 20 heavy (non-hydrogen) atoms. The van der Waals surface area contributed by atoms with E-state index in [1.165, 1.54) is 4.70 Å². The van der Waals surface area contributed by atoms with Crippen molar-refractivity contribution in [3.63, 3.8) is 0 Å². The van der Waals surface area contributed by atoms with E-state index in [2.05, 4.69) is 5.32 Å². The summed E-state index contributed by atoms with van der Waals surface area (Å²) in [6.07, 6.45) is 2.48. The van der Waals surface area contributed by atoms with Crippen LogP contribution in [0.3, 0.4) is 0 Å². The first-order chi connectivity index (χ1) is 9.66. The smallest absolute Gasteiger partial charge is 0.303 e. The Labute approximate surface area is 121 Å². The van der Waals surface area contributed by atoms with Gasteiger partial charge in [0.05, 0.1) is 0 Å². The number of nitrogens with one attached hydrogen (secondary N) is 1. The number of aliphatic carboxylic acids is 1. The van der Waals surface area contributed by atoms with Crippen LogP contribution >= 0.6 is 11.3 Å². The van der Waals surface area contributed by atoms with E-state index in [1.54, 1.807) is 11.3 Å². The molecule has 0 fully saturated rings. The van der Waals surface area contributed by atoms with Crippen LogP contribution in [0.15, 0.2) is 29.6 Å². The Kier molecular flexibility index (Phi) is 5.12. The molecule has 2 N–H and O–H groups in total. The van der Waals surface area contributed by atoms with Gasteiger partial charge in [0.2, 0.25) is 0 Å². The lowest BCUT2D eigenvalue weighted by Gasteiger charge is -2.05. The van der Waals surface area contributed by atoms with Crippen molar-refractivity contribution in [2.45, 2.75) is 25.7 Å². The maximum Gasteiger partial charge on any atom is 0.303 e. The number of rotatable bonds is 7. The number of amides is 1. The highest BCUT2D eigenvalue weighted by molar-refractivity contribution is 7.17. The summed E-state index contributed by atoms with van der Waals surface area (Å²) >= 11 is 1.66. The summed E-state index contributed by atoms with van der Waals surface area (Å²) in [4.78, 5) is 22.3. The summed E-state index contributed by atoms with van der Waals surface area (Å²) in [5.74, 6) is -0.838. The quantitative estimate of drug-likeness (QED) is 0.769. The van der Waals surface area contributed by atoms with Crippen molar-refractivity contribution in [3.8, 4) is 0 Å². The van der Waals surface area contributed by atoms with Crippen molar-refractivity contribution in [1.82, 2.24) is 5.32 Å². The summed E-state index contributed by atoms with van der Waals surface area (Å²) in [5.41, 5.74) is 0.668. The van der Waals surface area contributed by atoms with E-state index in [0.29, 0.717) is 18.5 Å². The number of hydrogen-bond donors (Lipinski definition) is 2. The fourth-order valence-electron chi connectivity index (χ4n) is 1.99. The molecular weight excluding hydrogens is 274 g/mol. The number of benzene rings is 1. The predicted octanol–water partition coefficient (Wildman–Crippen LogP) is 3.28. The molecule has 0 aliphatic carbocycles. The van der Waals surface area contributed by atoms with Crippen molar-refractivity contribution in [2.75, 3.05) is 6.54 Å². The summed E-state index contributed by atoms with van der Waals surface area (Å²) < 4.78 is 1.18. The first kappa shape index (κ1) is 14.5. The summed E-state index contributed by atoms with van der Waals surface area (Å²) in [6.45, 7) is 0.583. The van der Waals surface area contributed by atoms with Crippen molar-refractivity contribution in [3.05, 3.63) is 35.2 Å². The molecule has 0 atom stereocenters. The maximum atomic E-state index is 11.9. The zero-order valence-corrected chi connectivity index (χ0v) is 11.9. The minimum absolute atomic E-state index is 0.0728. The highest BCUT2D eigenvalue weighted by Gasteiger charge is 2.06. The molecule has 106 valence electrons. The van der Waals surface area contributed by atoms with Crippen LogP contribution in [-0.4, -0.2) is 23.5 Å². The molecule has 0 aliphatic heterocycles. The Bertz CT molecular complexity index is 606.